The van der Waals surface area contributed by atoms with Crippen LogP contribution < -0.4 is 10.1 Å². The van der Waals surface area contributed by atoms with Crippen LogP contribution in [0.1, 0.15) is 34.8 Å². The van der Waals surface area contributed by atoms with Gasteiger partial charge in [0.05, 0.1) is 26.4 Å². The third-order valence-corrected chi connectivity index (χ3v) is 4.22. The highest BCUT2D eigenvalue weighted by Gasteiger charge is 2.20. The molecule has 0 bridgehead atoms. The number of nitrogens with one attached hydrogen (secondary N) is 1. The molecule has 23 heavy (non-hydrogen) atoms. The first kappa shape index (κ1) is 17.3. The number of hydrogen-bond donors (Lipinski definition) is 1. The molecule has 0 amide bonds. The molecule has 0 radical (unpaired) electrons. The maximum absolute atomic E-state index is 12.2. The van der Waals surface area contributed by atoms with Crippen molar-refractivity contribution in [1.82, 2.24) is 8.96 Å². The van der Waals surface area contributed by atoms with Gasteiger partial charge in [-0.25, -0.2) is 14.1 Å². The van der Waals surface area contributed by atoms with E-state index in [2.05, 4.69) is 4.98 Å². The molecule has 2 aromatic rings. The fourth-order valence-electron chi connectivity index (χ4n) is 1.79. The van der Waals surface area contributed by atoms with Crippen molar-refractivity contribution >= 4 is 17.0 Å². The van der Waals surface area contributed by atoms with Crippen LogP contribution in [-0.2, 0) is 29.1 Å². The highest BCUT2D eigenvalue weighted by atomic mass is 32.2. The Morgan fingerprint density at radius 1 is 1.39 bits per heavy atom. The number of hydrogen-bond acceptors (Lipinski definition) is 7. The van der Waals surface area contributed by atoms with Crippen LogP contribution >= 0.6 is 0 Å². The summed E-state index contributed by atoms with van der Waals surface area (Å²) in [7, 11) is 3.42. The van der Waals surface area contributed by atoms with Gasteiger partial charge in [-0.2, -0.15) is 8.18 Å². The standard InChI is InChI=1S/C13H17N3O6S/c1-8(17)12-14-10(5-16(12)23(19)15(3)4)6-20-7-11-9(2)21-13(18)22-11/h5H,6-7H2,1-4H3/p+1. The van der Waals surface area contributed by atoms with E-state index in [0.717, 1.165) is 0 Å². The summed E-state index contributed by atoms with van der Waals surface area (Å²) in [5.41, 5.74) is 0.452. The second-order valence-electron chi connectivity index (χ2n) is 5.02. The lowest BCUT2D eigenvalue weighted by atomic mass is 10.4. The van der Waals surface area contributed by atoms with E-state index in [-0.39, 0.29) is 24.8 Å². The quantitative estimate of drug-likeness (QED) is 0.657. The number of ether oxygens (including phenoxy) is 1. The van der Waals surface area contributed by atoms with Gasteiger partial charge >= 0.3 is 17.0 Å². The number of imidazole rings is 1. The van der Waals surface area contributed by atoms with E-state index in [1.807, 2.05) is 0 Å². The highest BCUT2D eigenvalue weighted by molar-refractivity contribution is 7.76. The fraction of sp³-hybridized carbons (Fsp3) is 0.462. The van der Waals surface area contributed by atoms with Crippen LogP contribution in [0, 0.1) is 6.92 Å². The lowest BCUT2D eigenvalue weighted by molar-refractivity contribution is -0.713. The molecule has 2 heterocycles. The molecular weight excluding hydrogens is 326 g/mol. The van der Waals surface area contributed by atoms with Crippen molar-refractivity contribution in [1.29, 1.82) is 0 Å². The van der Waals surface area contributed by atoms with Gasteiger partial charge in [0, 0.05) is 13.1 Å². The molecule has 2 rings (SSSR count). The Morgan fingerprint density at radius 2 is 2.09 bits per heavy atom. The van der Waals surface area contributed by atoms with Crippen molar-refractivity contribution in [3.8, 4) is 0 Å². The topological polar surface area (TPSA) is 109 Å². The van der Waals surface area contributed by atoms with E-state index in [9.17, 15) is 13.8 Å². The van der Waals surface area contributed by atoms with E-state index in [1.165, 1.54) is 17.1 Å². The van der Waals surface area contributed by atoms with Gasteiger partial charge in [0.2, 0.25) is 0 Å². The Kier molecular flexibility index (Phi) is 5.29. The highest BCUT2D eigenvalue weighted by Crippen LogP contribution is 2.10. The molecule has 0 aliphatic heterocycles. The zero-order valence-electron chi connectivity index (χ0n) is 13.2. The zero-order valence-corrected chi connectivity index (χ0v) is 14.1. The summed E-state index contributed by atoms with van der Waals surface area (Å²) in [6.45, 7) is 3.05. The van der Waals surface area contributed by atoms with E-state index in [4.69, 9.17) is 13.6 Å². The molecule has 2 aromatic heterocycles. The molecule has 9 nitrogen and oxygen atoms in total. The minimum atomic E-state index is -1.47. The predicted octanol–water partition coefficient (Wildman–Crippen LogP) is -0.772. The Bertz CT molecular complexity index is 788. The maximum atomic E-state index is 12.2. The monoisotopic (exact) mass is 344 g/mol. The van der Waals surface area contributed by atoms with Gasteiger partial charge in [-0.1, -0.05) is 0 Å². The molecule has 10 heteroatoms. The molecule has 0 fully saturated rings. The van der Waals surface area contributed by atoms with Crippen LogP contribution in [0.25, 0.3) is 0 Å². The van der Waals surface area contributed by atoms with Crippen molar-refractivity contribution in [3.05, 3.63) is 39.9 Å². The van der Waals surface area contributed by atoms with Crippen LogP contribution in [0.2, 0.25) is 0 Å². The summed E-state index contributed by atoms with van der Waals surface area (Å²) in [6, 6.07) is 0. The van der Waals surface area contributed by atoms with E-state index >= 15 is 0 Å². The summed E-state index contributed by atoms with van der Waals surface area (Å²) in [5.74, 6) is -0.324. The molecule has 126 valence electrons. The normalized spacial score (nSPS) is 12.7. The Labute approximate surface area is 134 Å². The van der Waals surface area contributed by atoms with Gasteiger partial charge in [-0.15, -0.1) is 0 Å². The number of carbonyl (C=O) groups is 1. The Hall–Kier alpha value is -2.04. The minimum absolute atomic E-state index is 0.0296. The van der Waals surface area contributed by atoms with Gasteiger partial charge < -0.3 is 13.6 Å². The van der Waals surface area contributed by atoms with Crippen molar-refractivity contribution in [2.45, 2.75) is 27.1 Å². The largest absolute Gasteiger partial charge is 0.519 e. The summed E-state index contributed by atoms with van der Waals surface area (Å²) in [4.78, 5) is 26.7. The second kappa shape index (κ2) is 7.02. The number of rotatable bonds is 7. The smallest absolute Gasteiger partial charge is 0.396 e. The lowest BCUT2D eigenvalue weighted by Crippen LogP contribution is -3.06. The number of quaternary nitrogens is 1. The molecule has 0 aliphatic carbocycles. The molecule has 1 N–H and O–H groups in total. The van der Waals surface area contributed by atoms with Gasteiger partial charge in [-0.05, 0) is 6.92 Å². The first-order chi connectivity index (χ1) is 10.8. The molecule has 0 spiro atoms. The first-order valence-electron chi connectivity index (χ1n) is 6.78. The van der Waals surface area contributed by atoms with E-state index < -0.39 is 17.0 Å². The van der Waals surface area contributed by atoms with Crippen LogP contribution in [-0.4, -0.2) is 33.0 Å². The number of ketones is 1. The van der Waals surface area contributed by atoms with Gasteiger partial charge in [0.25, 0.3) is 0 Å². The average molecular weight is 344 g/mol. The first-order valence-corrected chi connectivity index (χ1v) is 7.89. The predicted molar refractivity (Wildman–Crippen MR) is 79.1 cm³/mol. The molecule has 0 saturated heterocycles. The number of aryl methyl sites for hydroxylation is 1. The molecule has 1 atom stereocenters. The number of aromatic nitrogens is 2. The van der Waals surface area contributed by atoms with Crippen LogP contribution in [0.5, 0.6) is 0 Å². The Balaban J connectivity index is 2.10. The lowest BCUT2D eigenvalue weighted by Gasteiger charge is -2.06. The average Bonchev–Trinajstić information content (AvgIpc) is 3.02. The van der Waals surface area contributed by atoms with Gasteiger partial charge in [0.15, 0.2) is 17.4 Å². The Morgan fingerprint density at radius 3 is 2.61 bits per heavy atom. The summed E-state index contributed by atoms with van der Waals surface area (Å²) in [6.07, 6.45) is 1.51. The zero-order chi connectivity index (χ0) is 17.1. The molecular formula is C13H18N3O6S+. The third kappa shape index (κ3) is 4.03. The summed E-state index contributed by atoms with van der Waals surface area (Å²) >= 11 is -1.47. The molecule has 1 unspecified atom stereocenters. The van der Waals surface area contributed by atoms with E-state index in [1.54, 1.807) is 21.0 Å². The summed E-state index contributed by atoms with van der Waals surface area (Å²) < 4.78 is 29.1. The van der Waals surface area contributed by atoms with Crippen molar-refractivity contribution in [2.75, 3.05) is 14.1 Å². The molecule has 0 aliphatic rings. The number of carbonyl (C=O) groups excluding carboxylic acids is 1. The molecule has 0 aromatic carbocycles. The second-order valence-corrected chi connectivity index (χ2v) is 6.73. The van der Waals surface area contributed by atoms with Crippen LogP contribution in [0.3, 0.4) is 0 Å². The SMILES string of the molecule is CC(=O)c1nc(COCc2oc(=O)oc2C)cn1S(=O)[NH+](C)C. The van der Waals surface area contributed by atoms with Crippen LogP contribution in [0.15, 0.2) is 19.8 Å². The molecule has 0 saturated carbocycles. The van der Waals surface area contributed by atoms with E-state index in [0.29, 0.717) is 21.5 Å². The number of Topliss-reactive ketones (excluding diaryl/α,β-unsaturated/α-hetero) is 1. The van der Waals surface area contributed by atoms with Crippen LogP contribution in [0.4, 0.5) is 0 Å². The van der Waals surface area contributed by atoms with Crippen molar-refractivity contribution in [3.63, 3.8) is 0 Å². The van der Waals surface area contributed by atoms with Crippen molar-refractivity contribution < 1.29 is 26.9 Å². The van der Waals surface area contributed by atoms with Gasteiger partial charge in [0.1, 0.15) is 12.4 Å². The maximum Gasteiger partial charge on any atom is 0.519 e. The van der Waals surface area contributed by atoms with Gasteiger partial charge in [-0.3, -0.25) is 4.79 Å². The fourth-order valence-corrected chi connectivity index (χ4v) is 2.73. The summed E-state index contributed by atoms with van der Waals surface area (Å²) in [5, 5.41) is 0. The minimum Gasteiger partial charge on any atom is -0.396 e. The third-order valence-electron chi connectivity index (χ3n) is 2.89. The van der Waals surface area contributed by atoms with Crippen molar-refractivity contribution in [2.24, 2.45) is 0 Å². The number of nitrogens with zero attached hydrogens (tertiary/aromatic N) is 2.